The lowest BCUT2D eigenvalue weighted by Gasteiger charge is -2.36. The van der Waals surface area contributed by atoms with Gasteiger partial charge in [0.05, 0.1) is 5.69 Å². The molecular weight excluding hydrogens is 267 g/mol. The van der Waals surface area contributed by atoms with Gasteiger partial charge in [0.2, 0.25) is 0 Å². The highest BCUT2D eigenvalue weighted by atomic mass is 19.1. The van der Waals surface area contributed by atoms with Crippen molar-refractivity contribution in [3.63, 3.8) is 0 Å². The minimum absolute atomic E-state index is 0.174. The number of rotatable bonds is 3. The Bertz CT molecular complexity index is 586. The molecule has 0 amide bonds. The molecule has 1 aliphatic rings. The average molecular weight is 288 g/mol. The van der Waals surface area contributed by atoms with Gasteiger partial charge in [-0.15, -0.1) is 0 Å². The van der Waals surface area contributed by atoms with Crippen LogP contribution in [-0.2, 0) is 6.54 Å². The van der Waals surface area contributed by atoms with Crippen LogP contribution in [0.1, 0.15) is 47.9 Å². The van der Waals surface area contributed by atoms with Crippen molar-refractivity contribution in [2.45, 2.75) is 45.7 Å². The van der Waals surface area contributed by atoms with E-state index >= 15 is 0 Å². The van der Waals surface area contributed by atoms with Gasteiger partial charge in [0.25, 0.3) is 0 Å². The van der Waals surface area contributed by atoms with Gasteiger partial charge in [0.15, 0.2) is 0 Å². The van der Waals surface area contributed by atoms with Gasteiger partial charge < -0.3 is 4.52 Å². The fourth-order valence-electron chi connectivity index (χ4n) is 3.17. The monoisotopic (exact) mass is 288 g/mol. The van der Waals surface area contributed by atoms with Crippen molar-refractivity contribution in [1.29, 1.82) is 0 Å². The fourth-order valence-corrected chi connectivity index (χ4v) is 3.17. The van der Waals surface area contributed by atoms with E-state index < -0.39 is 0 Å². The molecule has 4 heteroatoms. The molecule has 0 saturated carbocycles. The summed E-state index contributed by atoms with van der Waals surface area (Å²) in [6, 6.07) is 7.28. The smallest absolute Gasteiger partial charge is 0.138 e. The van der Waals surface area contributed by atoms with E-state index in [-0.39, 0.29) is 5.82 Å². The summed E-state index contributed by atoms with van der Waals surface area (Å²) in [6.45, 7) is 5.87. The van der Waals surface area contributed by atoms with Gasteiger partial charge in [0, 0.05) is 18.2 Å². The second kappa shape index (κ2) is 5.98. The summed E-state index contributed by atoms with van der Waals surface area (Å²) in [7, 11) is 0. The van der Waals surface area contributed by atoms with Crippen LogP contribution in [0.25, 0.3) is 0 Å². The molecule has 1 aliphatic heterocycles. The van der Waals surface area contributed by atoms with Gasteiger partial charge in [-0.25, -0.2) is 4.39 Å². The number of aromatic nitrogens is 1. The zero-order chi connectivity index (χ0) is 14.8. The van der Waals surface area contributed by atoms with Crippen molar-refractivity contribution in [1.82, 2.24) is 10.1 Å². The topological polar surface area (TPSA) is 29.3 Å². The highest BCUT2D eigenvalue weighted by Crippen LogP contribution is 2.33. The van der Waals surface area contributed by atoms with Crippen LogP contribution in [0.5, 0.6) is 0 Å². The summed E-state index contributed by atoms with van der Waals surface area (Å²) in [5.74, 6) is 0.725. The Labute approximate surface area is 124 Å². The third kappa shape index (κ3) is 3.00. The molecule has 2 heterocycles. The van der Waals surface area contributed by atoms with E-state index in [0.29, 0.717) is 6.04 Å². The van der Waals surface area contributed by atoms with Crippen LogP contribution in [0.2, 0.25) is 0 Å². The molecule has 0 N–H and O–H groups in total. The standard InChI is InChI=1S/C17H21FN2O/c1-12-16(13(2)21-19-12)11-20-10-4-3-5-17(20)14-6-8-15(18)9-7-14/h6-9,17H,3-5,10-11H2,1-2H3. The van der Waals surface area contributed by atoms with Crippen molar-refractivity contribution in [3.05, 3.63) is 52.7 Å². The van der Waals surface area contributed by atoms with Crippen molar-refractivity contribution < 1.29 is 8.91 Å². The summed E-state index contributed by atoms with van der Waals surface area (Å²) in [6.07, 6.45) is 3.55. The second-order valence-electron chi connectivity index (χ2n) is 5.84. The Hall–Kier alpha value is -1.68. The van der Waals surface area contributed by atoms with E-state index in [0.717, 1.165) is 31.0 Å². The third-order valence-corrected chi connectivity index (χ3v) is 4.41. The van der Waals surface area contributed by atoms with E-state index in [2.05, 4.69) is 10.1 Å². The molecule has 1 saturated heterocycles. The Morgan fingerprint density at radius 2 is 2.00 bits per heavy atom. The number of piperidine rings is 1. The zero-order valence-electron chi connectivity index (χ0n) is 12.6. The number of likely N-dealkylation sites (tertiary alicyclic amines) is 1. The van der Waals surface area contributed by atoms with E-state index in [1.54, 1.807) is 12.1 Å². The minimum Gasteiger partial charge on any atom is -0.361 e. The van der Waals surface area contributed by atoms with E-state index in [1.807, 2.05) is 26.0 Å². The van der Waals surface area contributed by atoms with Crippen LogP contribution < -0.4 is 0 Å². The fraction of sp³-hybridized carbons (Fsp3) is 0.471. The maximum Gasteiger partial charge on any atom is 0.138 e. The summed E-state index contributed by atoms with van der Waals surface area (Å²) in [4.78, 5) is 2.46. The number of halogens is 1. The molecule has 3 rings (SSSR count). The van der Waals surface area contributed by atoms with Crippen molar-refractivity contribution in [2.24, 2.45) is 0 Å². The molecule has 2 aromatic rings. The number of hydrogen-bond donors (Lipinski definition) is 0. The summed E-state index contributed by atoms with van der Waals surface area (Å²) < 4.78 is 18.4. The van der Waals surface area contributed by atoms with E-state index in [9.17, 15) is 4.39 Å². The minimum atomic E-state index is -0.174. The number of nitrogens with zero attached hydrogens (tertiary/aromatic N) is 2. The Morgan fingerprint density at radius 3 is 2.67 bits per heavy atom. The lowest BCUT2D eigenvalue weighted by Crippen LogP contribution is -2.33. The molecule has 0 radical (unpaired) electrons. The van der Waals surface area contributed by atoms with Gasteiger partial charge in [-0.1, -0.05) is 23.7 Å². The molecule has 112 valence electrons. The predicted octanol–water partition coefficient (Wildman–Crippen LogP) is 4.16. The first-order chi connectivity index (χ1) is 10.1. The predicted molar refractivity (Wildman–Crippen MR) is 79.4 cm³/mol. The van der Waals surface area contributed by atoms with Crippen molar-refractivity contribution in [3.8, 4) is 0 Å². The van der Waals surface area contributed by atoms with Crippen LogP contribution >= 0.6 is 0 Å². The molecule has 1 atom stereocenters. The van der Waals surface area contributed by atoms with Gasteiger partial charge in [-0.3, -0.25) is 4.90 Å². The van der Waals surface area contributed by atoms with Crippen molar-refractivity contribution in [2.75, 3.05) is 6.54 Å². The summed E-state index contributed by atoms with van der Waals surface area (Å²) in [5, 5.41) is 4.04. The van der Waals surface area contributed by atoms with Gasteiger partial charge in [0.1, 0.15) is 11.6 Å². The average Bonchev–Trinajstić information content (AvgIpc) is 2.81. The zero-order valence-corrected chi connectivity index (χ0v) is 12.6. The maximum absolute atomic E-state index is 13.1. The quantitative estimate of drug-likeness (QED) is 0.849. The molecule has 21 heavy (non-hydrogen) atoms. The molecular formula is C17H21FN2O. The first-order valence-electron chi connectivity index (χ1n) is 7.56. The van der Waals surface area contributed by atoms with Crippen LogP contribution in [0.4, 0.5) is 4.39 Å². The van der Waals surface area contributed by atoms with Crippen LogP contribution in [0.3, 0.4) is 0 Å². The number of hydrogen-bond acceptors (Lipinski definition) is 3. The normalized spacial score (nSPS) is 19.9. The summed E-state index contributed by atoms with van der Waals surface area (Å²) in [5.41, 5.74) is 3.35. The van der Waals surface area contributed by atoms with Gasteiger partial charge in [-0.05, 0) is 50.9 Å². The first-order valence-corrected chi connectivity index (χ1v) is 7.56. The van der Waals surface area contributed by atoms with E-state index in [4.69, 9.17) is 4.52 Å². The highest BCUT2D eigenvalue weighted by molar-refractivity contribution is 5.23. The molecule has 1 aromatic carbocycles. The Morgan fingerprint density at radius 1 is 1.24 bits per heavy atom. The maximum atomic E-state index is 13.1. The van der Waals surface area contributed by atoms with E-state index in [1.165, 1.54) is 24.0 Å². The SMILES string of the molecule is Cc1noc(C)c1CN1CCCCC1c1ccc(F)cc1. The number of aryl methyl sites for hydroxylation is 2. The number of benzene rings is 1. The van der Waals surface area contributed by atoms with Crippen LogP contribution in [0, 0.1) is 19.7 Å². The molecule has 3 nitrogen and oxygen atoms in total. The largest absolute Gasteiger partial charge is 0.361 e. The molecule has 0 spiro atoms. The Kier molecular flexibility index (Phi) is 4.06. The third-order valence-electron chi connectivity index (χ3n) is 4.41. The van der Waals surface area contributed by atoms with Gasteiger partial charge in [-0.2, -0.15) is 0 Å². The van der Waals surface area contributed by atoms with Crippen molar-refractivity contribution >= 4 is 0 Å². The lowest BCUT2D eigenvalue weighted by molar-refractivity contribution is 0.139. The summed E-state index contributed by atoms with van der Waals surface area (Å²) >= 11 is 0. The molecule has 1 aromatic heterocycles. The van der Waals surface area contributed by atoms with Gasteiger partial charge >= 0.3 is 0 Å². The molecule has 1 fully saturated rings. The van der Waals surface area contributed by atoms with Crippen LogP contribution in [0.15, 0.2) is 28.8 Å². The molecule has 0 aliphatic carbocycles. The highest BCUT2D eigenvalue weighted by Gasteiger charge is 2.25. The van der Waals surface area contributed by atoms with Crippen LogP contribution in [-0.4, -0.2) is 16.6 Å². The lowest BCUT2D eigenvalue weighted by atomic mass is 9.94. The second-order valence-corrected chi connectivity index (χ2v) is 5.84. The molecule has 0 bridgehead atoms. The molecule has 1 unspecified atom stereocenters. The Balaban J connectivity index is 1.83. The first kappa shape index (κ1) is 14.3.